The van der Waals surface area contributed by atoms with E-state index in [-0.39, 0.29) is 0 Å². The molecule has 1 nitrogen and oxygen atoms in total. The third-order valence-electron chi connectivity index (χ3n) is 2.51. The van der Waals surface area contributed by atoms with E-state index in [1.54, 1.807) is 0 Å². The number of nitrogens with zero attached hydrogens (tertiary/aromatic N) is 1. The summed E-state index contributed by atoms with van der Waals surface area (Å²) < 4.78 is 0. The van der Waals surface area contributed by atoms with E-state index in [2.05, 4.69) is 16.7 Å². The van der Waals surface area contributed by atoms with Gasteiger partial charge in [0, 0.05) is 5.25 Å². The fourth-order valence-corrected chi connectivity index (χ4v) is 3.01. The number of rotatable bonds is 0. The molecule has 0 saturated carbocycles. The molecule has 0 radical (unpaired) electrons. The van der Waals surface area contributed by atoms with Crippen LogP contribution in [0.3, 0.4) is 0 Å². The second-order valence-electron chi connectivity index (χ2n) is 3.27. The zero-order valence-corrected chi connectivity index (χ0v) is 7.20. The van der Waals surface area contributed by atoms with Crippen LogP contribution in [0.4, 0.5) is 0 Å². The molecular weight excluding hydrogens is 142 g/mol. The van der Waals surface area contributed by atoms with Crippen LogP contribution < -0.4 is 0 Å². The predicted octanol–water partition coefficient (Wildman–Crippen LogP) is 1.59. The molecule has 2 heteroatoms. The molecule has 3 aliphatic rings. The molecule has 0 aromatic rings. The molecule has 3 heterocycles. The Kier molecular flexibility index (Phi) is 2.19. The van der Waals surface area contributed by atoms with Gasteiger partial charge in [-0.3, -0.25) is 0 Å². The van der Waals surface area contributed by atoms with Crippen molar-refractivity contribution in [2.75, 3.05) is 25.4 Å². The normalized spacial score (nSPS) is 40.8. The summed E-state index contributed by atoms with van der Waals surface area (Å²) in [5, 5.41) is 1.01. The Morgan fingerprint density at radius 3 is 2.70 bits per heavy atom. The third kappa shape index (κ3) is 1.48. The molecular formula is C8H15NS. The second-order valence-corrected chi connectivity index (χ2v) is 4.67. The van der Waals surface area contributed by atoms with Crippen LogP contribution in [-0.2, 0) is 0 Å². The van der Waals surface area contributed by atoms with Crippen molar-refractivity contribution in [3.8, 4) is 0 Å². The Hall–Kier alpha value is 0.310. The summed E-state index contributed by atoms with van der Waals surface area (Å²) >= 11 is 2.21. The zero-order chi connectivity index (χ0) is 6.81. The Morgan fingerprint density at radius 2 is 1.90 bits per heavy atom. The first-order chi connectivity index (χ1) is 4.95. The van der Waals surface area contributed by atoms with Crippen LogP contribution >= 0.6 is 11.8 Å². The molecule has 58 valence electrons. The van der Waals surface area contributed by atoms with Crippen LogP contribution in [-0.4, -0.2) is 35.5 Å². The van der Waals surface area contributed by atoms with Gasteiger partial charge in [-0.2, -0.15) is 11.8 Å². The first-order valence-corrected chi connectivity index (χ1v) is 5.34. The topological polar surface area (TPSA) is 3.24 Å². The van der Waals surface area contributed by atoms with E-state index < -0.39 is 0 Å². The van der Waals surface area contributed by atoms with Crippen molar-refractivity contribution in [3.63, 3.8) is 0 Å². The summed E-state index contributed by atoms with van der Waals surface area (Å²) in [5.41, 5.74) is 0. The van der Waals surface area contributed by atoms with E-state index in [4.69, 9.17) is 0 Å². The molecule has 0 spiro atoms. The van der Waals surface area contributed by atoms with Crippen molar-refractivity contribution in [2.45, 2.75) is 24.5 Å². The van der Waals surface area contributed by atoms with Gasteiger partial charge in [-0.05, 0) is 44.6 Å². The van der Waals surface area contributed by atoms with E-state index in [0.717, 1.165) is 5.25 Å². The van der Waals surface area contributed by atoms with E-state index >= 15 is 0 Å². The van der Waals surface area contributed by atoms with Gasteiger partial charge >= 0.3 is 0 Å². The second kappa shape index (κ2) is 3.14. The van der Waals surface area contributed by atoms with Gasteiger partial charge in [0.2, 0.25) is 0 Å². The average molecular weight is 157 g/mol. The Morgan fingerprint density at radius 1 is 1.10 bits per heavy atom. The van der Waals surface area contributed by atoms with Gasteiger partial charge in [0.15, 0.2) is 0 Å². The molecule has 0 aromatic carbocycles. The summed E-state index contributed by atoms with van der Waals surface area (Å²) in [4.78, 5) is 2.62. The van der Waals surface area contributed by atoms with Crippen LogP contribution in [0.1, 0.15) is 19.3 Å². The lowest BCUT2D eigenvalue weighted by atomic mass is 10.1. The van der Waals surface area contributed by atoms with Gasteiger partial charge in [-0.25, -0.2) is 0 Å². The fraction of sp³-hybridized carbons (Fsp3) is 1.00. The third-order valence-corrected chi connectivity index (χ3v) is 3.97. The highest BCUT2D eigenvalue weighted by Crippen LogP contribution is 2.26. The predicted molar refractivity (Wildman–Crippen MR) is 46.5 cm³/mol. The summed E-state index contributed by atoms with van der Waals surface area (Å²) in [6.07, 6.45) is 4.32. The van der Waals surface area contributed by atoms with Crippen LogP contribution in [0.15, 0.2) is 0 Å². The fourth-order valence-electron chi connectivity index (χ4n) is 1.84. The molecule has 2 bridgehead atoms. The van der Waals surface area contributed by atoms with E-state index in [1.807, 2.05) is 0 Å². The van der Waals surface area contributed by atoms with Crippen molar-refractivity contribution in [2.24, 2.45) is 0 Å². The minimum Gasteiger partial charge on any atom is -0.303 e. The molecule has 3 fully saturated rings. The Balaban J connectivity index is 1.94. The number of fused-ring (bicyclic) bond motifs is 5. The van der Waals surface area contributed by atoms with E-state index in [9.17, 15) is 0 Å². The molecule has 0 unspecified atom stereocenters. The molecule has 0 aliphatic carbocycles. The Labute approximate surface area is 67.2 Å². The summed E-state index contributed by atoms with van der Waals surface area (Å²) in [5.74, 6) is 1.40. The van der Waals surface area contributed by atoms with E-state index in [1.165, 1.54) is 44.6 Å². The highest BCUT2D eigenvalue weighted by Gasteiger charge is 2.21. The standard InChI is InChI=1S/C8H15NS/c1-4-9-5-2-8(3-6-9)10-7-1/h8H,1-7H2. The largest absolute Gasteiger partial charge is 0.303 e. The first-order valence-electron chi connectivity index (χ1n) is 4.29. The molecule has 0 amide bonds. The van der Waals surface area contributed by atoms with Crippen LogP contribution in [0.2, 0.25) is 0 Å². The number of hydrogen-bond donors (Lipinski definition) is 0. The molecule has 0 N–H and O–H groups in total. The smallest absolute Gasteiger partial charge is 0.00713 e. The molecule has 3 aliphatic heterocycles. The zero-order valence-electron chi connectivity index (χ0n) is 6.38. The molecule has 3 saturated heterocycles. The van der Waals surface area contributed by atoms with Crippen molar-refractivity contribution < 1.29 is 0 Å². The van der Waals surface area contributed by atoms with Gasteiger partial charge in [0.05, 0.1) is 0 Å². The summed E-state index contributed by atoms with van der Waals surface area (Å²) in [6.45, 7) is 4.11. The number of thioether (sulfide) groups is 1. The highest BCUT2D eigenvalue weighted by molar-refractivity contribution is 7.99. The monoisotopic (exact) mass is 157 g/mol. The average Bonchev–Trinajstić information content (AvgIpc) is 1.89. The van der Waals surface area contributed by atoms with Crippen molar-refractivity contribution in [1.82, 2.24) is 4.90 Å². The van der Waals surface area contributed by atoms with Crippen LogP contribution in [0.25, 0.3) is 0 Å². The van der Waals surface area contributed by atoms with Gasteiger partial charge in [0.25, 0.3) is 0 Å². The lowest BCUT2D eigenvalue weighted by Crippen LogP contribution is -2.37. The van der Waals surface area contributed by atoms with Crippen molar-refractivity contribution in [1.29, 1.82) is 0 Å². The van der Waals surface area contributed by atoms with Gasteiger partial charge in [-0.15, -0.1) is 0 Å². The molecule has 10 heavy (non-hydrogen) atoms. The first kappa shape index (κ1) is 6.99. The highest BCUT2D eigenvalue weighted by atomic mass is 32.2. The van der Waals surface area contributed by atoms with E-state index in [0.29, 0.717) is 0 Å². The molecule has 0 atom stereocenters. The van der Waals surface area contributed by atoms with Gasteiger partial charge in [0.1, 0.15) is 0 Å². The lowest BCUT2D eigenvalue weighted by Gasteiger charge is -2.34. The number of hydrogen-bond acceptors (Lipinski definition) is 2. The maximum Gasteiger partial charge on any atom is 0.00713 e. The van der Waals surface area contributed by atoms with Crippen LogP contribution in [0.5, 0.6) is 0 Å². The molecule has 3 rings (SSSR count). The SMILES string of the molecule is C1CSC2CCN(C1)CC2. The van der Waals surface area contributed by atoms with Gasteiger partial charge < -0.3 is 4.90 Å². The maximum absolute atomic E-state index is 2.62. The Bertz CT molecular complexity index is 88.3. The van der Waals surface area contributed by atoms with Crippen LogP contribution in [0, 0.1) is 0 Å². The lowest BCUT2D eigenvalue weighted by molar-refractivity contribution is 0.229. The summed E-state index contributed by atoms with van der Waals surface area (Å²) in [7, 11) is 0. The van der Waals surface area contributed by atoms with Crippen molar-refractivity contribution in [3.05, 3.63) is 0 Å². The quantitative estimate of drug-likeness (QED) is 0.525. The minimum absolute atomic E-state index is 1.01. The van der Waals surface area contributed by atoms with Gasteiger partial charge in [-0.1, -0.05) is 0 Å². The number of piperidine rings is 1. The minimum atomic E-state index is 1.01. The maximum atomic E-state index is 2.62. The molecule has 0 aromatic heterocycles. The summed E-state index contributed by atoms with van der Waals surface area (Å²) in [6, 6.07) is 0. The van der Waals surface area contributed by atoms with Crippen molar-refractivity contribution >= 4 is 11.8 Å².